The Morgan fingerprint density at radius 1 is 0.882 bits per heavy atom. The van der Waals surface area contributed by atoms with Crippen LogP contribution in [-0.2, 0) is 0 Å². The molecule has 17 heavy (non-hydrogen) atoms. The molecule has 0 aliphatic heterocycles. The van der Waals surface area contributed by atoms with Crippen LogP contribution in [-0.4, -0.2) is 9.97 Å². The van der Waals surface area contributed by atoms with Crippen LogP contribution in [0.25, 0.3) is 10.8 Å². The number of nitrogens with zero attached hydrogens (tertiary/aromatic N) is 2. The van der Waals surface area contributed by atoms with Crippen LogP contribution in [0.2, 0.25) is 0 Å². The van der Waals surface area contributed by atoms with Crippen molar-refractivity contribution < 1.29 is 4.74 Å². The molecule has 3 heteroatoms. The van der Waals surface area contributed by atoms with E-state index in [2.05, 4.69) is 16.0 Å². The van der Waals surface area contributed by atoms with Gasteiger partial charge in [-0.3, -0.25) is 0 Å². The molecule has 1 aromatic heterocycles. The van der Waals surface area contributed by atoms with E-state index in [0.29, 0.717) is 11.8 Å². The molecule has 0 amide bonds. The summed E-state index contributed by atoms with van der Waals surface area (Å²) in [5.41, 5.74) is 0. The summed E-state index contributed by atoms with van der Waals surface area (Å²) < 4.78 is 5.51. The first kappa shape index (κ1) is 9.78. The number of rotatable bonds is 2. The molecule has 0 aliphatic rings. The van der Waals surface area contributed by atoms with Crippen molar-refractivity contribution in [2.45, 2.75) is 0 Å². The van der Waals surface area contributed by atoms with Gasteiger partial charge in [-0.1, -0.05) is 30.3 Å². The smallest absolute Gasteiger partial charge is 0.321 e. The average Bonchev–Trinajstić information content (AvgIpc) is 2.40. The summed E-state index contributed by atoms with van der Waals surface area (Å²) in [5, 5.41) is 2.15. The van der Waals surface area contributed by atoms with Crippen molar-refractivity contribution >= 4 is 10.8 Å². The monoisotopic (exact) mass is 221 g/mol. The Labute approximate surface area is 98.7 Å². The molecule has 0 aliphatic carbocycles. The van der Waals surface area contributed by atoms with E-state index in [4.69, 9.17) is 4.74 Å². The molecule has 1 heterocycles. The first-order valence-corrected chi connectivity index (χ1v) is 5.28. The lowest BCUT2D eigenvalue weighted by molar-refractivity contribution is 0.441. The van der Waals surface area contributed by atoms with Gasteiger partial charge in [-0.2, -0.15) is 0 Å². The van der Waals surface area contributed by atoms with Gasteiger partial charge in [0.15, 0.2) is 0 Å². The summed E-state index contributed by atoms with van der Waals surface area (Å²) in [5.74, 6) is 0.620. The van der Waals surface area contributed by atoms with Gasteiger partial charge >= 0.3 is 6.01 Å². The van der Waals surface area contributed by atoms with Gasteiger partial charge < -0.3 is 4.74 Å². The van der Waals surface area contributed by atoms with Crippen molar-refractivity contribution in [3.05, 3.63) is 60.9 Å². The fraction of sp³-hybridized carbons (Fsp3) is 0. The number of fused-ring (bicyclic) bond motifs is 1. The molecule has 0 fully saturated rings. The molecule has 0 spiro atoms. The number of aromatic nitrogens is 2. The van der Waals surface area contributed by atoms with Gasteiger partial charge in [-0.15, -0.1) is 0 Å². The van der Waals surface area contributed by atoms with Gasteiger partial charge in [-0.05, 0) is 22.9 Å². The van der Waals surface area contributed by atoms with Crippen LogP contribution >= 0.6 is 0 Å². The second kappa shape index (κ2) is 4.22. The highest BCUT2D eigenvalue weighted by atomic mass is 16.5. The molecule has 0 bridgehead atoms. The topological polar surface area (TPSA) is 35.0 Å². The molecular weight excluding hydrogens is 212 g/mol. The standard InChI is InChI=1S/C14H9N2O/c1-2-5-12-10-13(7-6-11(12)4-1)17-14-15-8-3-9-16-14/h1-9H. The highest BCUT2D eigenvalue weighted by Crippen LogP contribution is 2.22. The second-order valence-electron chi connectivity index (χ2n) is 3.54. The molecule has 0 N–H and O–H groups in total. The van der Waals surface area contributed by atoms with Gasteiger partial charge in [0.2, 0.25) is 0 Å². The first-order valence-electron chi connectivity index (χ1n) is 5.28. The van der Waals surface area contributed by atoms with Crippen LogP contribution < -0.4 is 4.74 Å². The molecule has 0 saturated heterocycles. The Morgan fingerprint density at radius 3 is 2.59 bits per heavy atom. The van der Waals surface area contributed by atoms with Crippen LogP contribution in [0.15, 0.2) is 54.9 Å². The lowest BCUT2D eigenvalue weighted by Crippen LogP contribution is -1.90. The SMILES string of the molecule is [c]1c(Oc2ncccn2)ccc2ccccc12. The molecule has 1 radical (unpaired) electrons. The van der Waals surface area contributed by atoms with Crippen LogP contribution in [0.1, 0.15) is 0 Å². The van der Waals surface area contributed by atoms with Crippen molar-refractivity contribution in [2.24, 2.45) is 0 Å². The molecular formula is C14H9N2O. The minimum Gasteiger partial charge on any atom is -0.424 e. The van der Waals surface area contributed by atoms with E-state index in [-0.39, 0.29) is 0 Å². The number of hydrogen-bond acceptors (Lipinski definition) is 3. The summed E-state index contributed by atoms with van der Waals surface area (Å²) in [6.07, 6.45) is 3.28. The average molecular weight is 221 g/mol. The van der Waals surface area contributed by atoms with E-state index < -0.39 is 0 Å². The molecule has 3 rings (SSSR count). The minimum atomic E-state index is 0.332. The van der Waals surface area contributed by atoms with Gasteiger partial charge in [0.1, 0.15) is 5.75 Å². The van der Waals surface area contributed by atoms with Gasteiger partial charge in [-0.25, -0.2) is 9.97 Å². The minimum absolute atomic E-state index is 0.332. The Balaban J connectivity index is 1.96. The highest BCUT2D eigenvalue weighted by molar-refractivity contribution is 5.83. The molecule has 2 aromatic carbocycles. The lowest BCUT2D eigenvalue weighted by atomic mass is 10.1. The Morgan fingerprint density at radius 2 is 1.71 bits per heavy atom. The number of benzene rings is 2. The molecule has 0 unspecified atom stereocenters. The van der Waals surface area contributed by atoms with Crippen LogP contribution in [0.4, 0.5) is 0 Å². The maximum Gasteiger partial charge on any atom is 0.321 e. The summed E-state index contributed by atoms with van der Waals surface area (Å²) in [6.45, 7) is 0. The van der Waals surface area contributed by atoms with Gasteiger partial charge in [0.05, 0.1) is 0 Å². The van der Waals surface area contributed by atoms with Crippen molar-refractivity contribution in [3.8, 4) is 11.8 Å². The van der Waals surface area contributed by atoms with E-state index in [1.54, 1.807) is 18.5 Å². The maximum atomic E-state index is 5.51. The number of hydrogen-bond donors (Lipinski definition) is 0. The largest absolute Gasteiger partial charge is 0.424 e. The van der Waals surface area contributed by atoms with Crippen LogP contribution in [0, 0.1) is 6.07 Å². The normalized spacial score (nSPS) is 10.4. The zero-order chi connectivity index (χ0) is 11.5. The third kappa shape index (κ3) is 2.08. The Kier molecular flexibility index (Phi) is 2.43. The molecule has 81 valence electrons. The summed E-state index contributed by atoms with van der Waals surface area (Å²) in [4.78, 5) is 8.00. The quantitative estimate of drug-likeness (QED) is 0.666. The van der Waals surface area contributed by atoms with Gasteiger partial charge in [0, 0.05) is 18.5 Å². The van der Waals surface area contributed by atoms with E-state index in [9.17, 15) is 0 Å². The summed E-state index contributed by atoms with van der Waals surface area (Å²) in [7, 11) is 0. The third-order valence-corrected chi connectivity index (χ3v) is 2.38. The maximum absolute atomic E-state index is 5.51. The zero-order valence-corrected chi connectivity index (χ0v) is 9.00. The summed E-state index contributed by atoms with van der Waals surface area (Å²) >= 11 is 0. The van der Waals surface area contributed by atoms with Crippen molar-refractivity contribution in [1.29, 1.82) is 0 Å². The van der Waals surface area contributed by atoms with E-state index >= 15 is 0 Å². The molecule has 3 aromatic rings. The van der Waals surface area contributed by atoms with E-state index in [1.165, 1.54) is 0 Å². The van der Waals surface area contributed by atoms with Crippen LogP contribution in [0.5, 0.6) is 11.8 Å². The van der Waals surface area contributed by atoms with Crippen LogP contribution in [0.3, 0.4) is 0 Å². The highest BCUT2D eigenvalue weighted by Gasteiger charge is 2.00. The van der Waals surface area contributed by atoms with Gasteiger partial charge in [0.25, 0.3) is 0 Å². The number of ether oxygens (including phenoxy) is 1. The van der Waals surface area contributed by atoms with E-state index in [0.717, 1.165) is 10.8 Å². The summed E-state index contributed by atoms with van der Waals surface area (Å²) in [6, 6.07) is 17.1. The third-order valence-electron chi connectivity index (χ3n) is 2.38. The predicted octanol–water partition coefficient (Wildman–Crippen LogP) is 3.22. The van der Waals surface area contributed by atoms with Crippen molar-refractivity contribution in [2.75, 3.05) is 0 Å². The molecule has 0 atom stereocenters. The molecule has 0 saturated carbocycles. The Hall–Kier alpha value is -2.42. The zero-order valence-electron chi connectivity index (χ0n) is 9.00. The van der Waals surface area contributed by atoms with Crippen molar-refractivity contribution in [1.82, 2.24) is 9.97 Å². The second-order valence-corrected chi connectivity index (χ2v) is 3.54. The fourth-order valence-corrected chi connectivity index (χ4v) is 1.59. The predicted molar refractivity (Wildman–Crippen MR) is 64.9 cm³/mol. The lowest BCUT2D eigenvalue weighted by Gasteiger charge is -2.03. The first-order chi connectivity index (χ1) is 8.42. The van der Waals surface area contributed by atoms with Crippen molar-refractivity contribution in [3.63, 3.8) is 0 Å². The van der Waals surface area contributed by atoms with E-state index in [1.807, 2.05) is 36.4 Å². The fourth-order valence-electron chi connectivity index (χ4n) is 1.59. The molecule has 3 nitrogen and oxygen atoms in total. The Bertz CT molecular complexity index is 638.